The first-order valence-electron chi connectivity index (χ1n) is 10.3. The number of rotatable bonds is 10. The van der Waals surface area contributed by atoms with Crippen LogP contribution in [-0.4, -0.2) is 0 Å². The van der Waals surface area contributed by atoms with Gasteiger partial charge in [-0.15, -0.1) is 22.7 Å². The van der Waals surface area contributed by atoms with Crippen molar-refractivity contribution >= 4 is 22.7 Å². The third-order valence-corrected chi connectivity index (χ3v) is 8.13. The number of hydrogen-bond acceptors (Lipinski definition) is 2. The van der Waals surface area contributed by atoms with E-state index in [-0.39, 0.29) is 0 Å². The smallest absolute Gasteiger partial charge is 0.0489 e. The minimum Gasteiger partial charge on any atom is -0.139 e. The van der Waals surface area contributed by atoms with E-state index in [4.69, 9.17) is 0 Å². The summed E-state index contributed by atoms with van der Waals surface area (Å²) < 4.78 is 0. The molecule has 25 heavy (non-hydrogen) atoms. The molecule has 2 aromatic heterocycles. The second-order valence-corrected chi connectivity index (χ2v) is 10.4. The van der Waals surface area contributed by atoms with Crippen LogP contribution < -0.4 is 0 Å². The first-order chi connectivity index (χ1) is 12.1. The van der Waals surface area contributed by atoms with Crippen LogP contribution in [0.2, 0.25) is 0 Å². The fourth-order valence-electron chi connectivity index (χ4n) is 4.59. The second-order valence-electron chi connectivity index (χ2n) is 7.90. The predicted octanol–water partition coefficient (Wildman–Crippen LogP) is 8.63. The summed E-state index contributed by atoms with van der Waals surface area (Å²) in [6.45, 7) is 9.22. The lowest BCUT2D eigenvalue weighted by molar-refractivity contribution is 0.402. The van der Waals surface area contributed by atoms with Gasteiger partial charge in [0.25, 0.3) is 0 Å². The Hall–Kier alpha value is -0.600. The Morgan fingerprint density at radius 1 is 0.680 bits per heavy atom. The van der Waals surface area contributed by atoms with Crippen molar-refractivity contribution in [2.75, 3.05) is 0 Å². The first kappa shape index (κ1) is 19.2. The molecule has 0 N–H and O–H groups in total. The summed E-state index contributed by atoms with van der Waals surface area (Å²) in [7, 11) is 0. The third-order valence-electron chi connectivity index (χ3n) is 5.86. The minimum atomic E-state index is 0.321. The van der Waals surface area contributed by atoms with Gasteiger partial charge in [0.15, 0.2) is 0 Å². The molecule has 2 heteroatoms. The van der Waals surface area contributed by atoms with E-state index >= 15 is 0 Å². The van der Waals surface area contributed by atoms with Gasteiger partial charge in [0.05, 0.1) is 0 Å². The Morgan fingerprint density at radius 2 is 1.12 bits per heavy atom. The summed E-state index contributed by atoms with van der Waals surface area (Å²) in [6, 6.07) is 5.06. The van der Waals surface area contributed by atoms with Crippen LogP contribution in [0.15, 0.2) is 12.1 Å². The zero-order valence-electron chi connectivity index (χ0n) is 16.5. The average Bonchev–Trinajstić information content (AvgIpc) is 3.21. The predicted molar refractivity (Wildman–Crippen MR) is 115 cm³/mol. The zero-order valence-corrected chi connectivity index (χ0v) is 18.2. The quantitative estimate of drug-likeness (QED) is 0.365. The van der Waals surface area contributed by atoms with Crippen molar-refractivity contribution in [2.24, 2.45) is 0 Å². The molecule has 3 rings (SSSR count). The van der Waals surface area contributed by atoms with Gasteiger partial charge in [0.2, 0.25) is 0 Å². The van der Waals surface area contributed by atoms with Crippen LogP contribution in [0.5, 0.6) is 0 Å². The van der Waals surface area contributed by atoms with Gasteiger partial charge < -0.3 is 0 Å². The van der Waals surface area contributed by atoms with Gasteiger partial charge in [0.1, 0.15) is 0 Å². The Labute approximate surface area is 162 Å². The fourth-order valence-corrected chi connectivity index (χ4v) is 6.97. The van der Waals surface area contributed by atoms with Crippen molar-refractivity contribution in [2.45, 2.75) is 97.3 Å². The van der Waals surface area contributed by atoms with Gasteiger partial charge >= 0.3 is 0 Å². The first-order valence-corrected chi connectivity index (χ1v) is 12.0. The molecule has 0 saturated carbocycles. The molecule has 0 spiro atoms. The van der Waals surface area contributed by atoms with Crippen molar-refractivity contribution in [3.63, 3.8) is 0 Å². The van der Waals surface area contributed by atoms with Gasteiger partial charge in [-0.3, -0.25) is 0 Å². The summed E-state index contributed by atoms with van der Waals surface area (Å²) in [6.07, 6.45) is 13.7. The molecule has 0 radical (unpaired) electrons. The van der Waals surface area contributed by atoms with Crippen molar-refractivity contribution in [1.29, 1.82) is 0 Å². The van der Waals surface area contributed by atoms with E-state index in [9.17, 15) is 0 Å². The van der Waals surface area contributed by atoms with E-state index < -0.39 is 0 Å². The molecule has 0 atom stereocenters. The molecule has 0 aromatic carbocycles. The van der Waals surface area contributed by atoms with E-state index in [1.54, 1.807) is 20.9 Å². The molecule has 0 saturated heterocycles. The van der Waals surface area contributed by atoms with E-state index in [1.807, 2.05) is 22.7 Å². The second kappa shape index (κ2) is 8.39. The average molecular weight is 375 g/mol. The molecule has 0 nitrogen and oxygen atoms in total. The van der Waals surface area contributed by atoms with Crippen LogP contribution in [0.4, 0.5) is 0 Å². The number of unbranched alkanes of at least 4 members (excludes halogenated alkanes) is 6. The maximum absolute atomic E-state index is 2.53. The molecule has 2 heterocycles. The highest BCUT2D eigenvalue weighted by atomic mass is 32.1. The maximum Gasteiger partial charge on any atom is 0.0489 e. The highest BCUT2D eigenvalue weighted by Gasteiger charge is 2.44. The Balaban J connectivity index is 1.93. The summed E-state index contributed by atoms with van der Waals surface area (Å²) in [5.41, 5.74) is 3.69. The van der Waals surface area contributed by atoms with Gasteiger partial charge in [0, 0.05) is 24.9 Å². The monoisotopic (exact) mass is 374 g/mol. The van der Waals surface area contributed by atoms with Gasteiger partial charge in [-0.05, 0) is 49.9 Å². The molecule has 1 aliphatic rings. The van der Waals surface area contributed by atoms with E-state index in [2.05, 4.69) is 39.8 Å². The number of aryl methyl sites for hydroxylation is 2. The van der Waals surface area contributed by atoms with Crippen molar-refractivity contribution in [3.05, 3.63) is 33.0 Å². The molecule has 138 valence electrons. The fraction of sp³-hybridized carbons (Fsp3) is 0.652. The standard InChI is InChI=1S/C23H34S2/c1-5-7-9-11-13-23(14-12-10-8-6-2)19-15-17(3)24-21(19)22-20(23)16-18(4)25-22/h15-16H,5-14H2,1-4H3. The van der Waals surface area contributed by atoms with Gasteiger partial charge in [-0.2, -0.15) is 0 Å². The van der Waals surface area contributed by atoms with Crippen LogP contribution >= 0.6 is 22.7 Å². The molecule has 2 aromatic rings. The third kappa shape index (κ3) is 3.76. The Kier molecular flexibility index (Phi) is 6.44. The van der Waals surface area contributed by atoms with Gasteiger partial charge in [-0.1, -0.05) is 65.2 Å². The molecule has 1 aliphatic carbocycles. The van der Waals surface area contributed by atoms with Gasteiger partial charge in [-0.25, -0.2) is 0 Å². The normalized spacial score (nSPS) is 14.7. The summed E-state index contributed by atoms with van der Waals surface area (Å²) in [5.74, 6) is 0. The molecule has 0 bridgehead atoms. The minimum absolute atomic E-state index is 0.321. The topological polar surface area (TPSA) is 0 Å². The summed E-state index contributed by atoms with van der Waals surface area (Å²) in [5, 5.41) is 0. The largest absolute Gasteiger partial charge is 0.139 e. The van der Waals surface area contributed by atoms with Crippen LogP contribution in [-0.2, 0) is 5.41 Å². The summed E-state index contributed by atoms with van der Waals surface area (Å²) in [4.78, 5) is 6.20. The van der Waals surface area contributed by atoms with E-state index in [1.165, 1.54) is 74.0 Å². The highest BCUT2D eigenvalue weighted by molar-refractivity contribution is 7.22. The van der Waals surface area contributed by atoms with Crippen molar-refractivity contribution in [3.8, 4) is 9.75 Å². The van der Waals surface area contributed by atoms with E-state index in [0.717, 1.165) is 0 Å². The molecule has 0 unspecified atom stereocenters. The summed E-state index contributed by atoms with van der Waals surface area (Å²) >= 11 is 4.07. The van der Waals surface area contributed by atoms with Crippen LogP contribution in [0, 0.1) is 13.8 Å². The Bertz CT molecular complexity index is 629. The van der Waals surface area contributed by atoms with Crippen molar-refractivity contribution < 1.29 is 0 Å². The molecule has 0 amide bonds. The number of fused-ring (bicyclic) bond motifs is 3. The Morgan fingerprint density at radius 3 is 1.52 bits per heavy atom. The molecular weight excluding hydrogens is 340 g/mol. The molecular formula is C23H34S2. The number of thiophene rings is 2. The lowest BCUT2D eigenvalue weighted by atomic mass is 9.71. The molecule has 0 aliphatic heterocycles. The highest BCUT2D eigenvalue weighted by Crippen LogP contribution is 2.59. The van der Waals surface area contributed by atoms with Crippen LogP contribution in [0.3, 0.4) is 0 Å². The van der Waals surface area contributed by atoms with Crippen LogP contribution in [0.1, 0.15) is 98.9 Å². The van der Waals surface area contributed by atoms with Crippen LogP contribution in [0.25, 0.3) is 9.75 Å². The number of hydrogen-bond donors (Lipinski definition) is 0. The maximum atomic E-state index is 2.53. The SMILES string of the molecule is CCCCCCC1(CCCCCC)c2cc(C)sc2-c2sc(C)cc21. The zero-order chi connectivity index (χ0) is 17.9. The lowest BCUT2D eigenvalue weighted by Gasteiger charge is -2.31. The lowest BCUT2D eigenvalue weighted by Crippen LogP contribution is -2.25. The van der Waals surface area contributed by atoms with E-state index in [0.29, 0.717) is 5.41 Å². The molecule has 0 fully saturated rings. The van der Waals surface area contributed by atoms with Crippen molar-refractivity contribution in [1.82, 2.24) is 0 Å².